The van der Waals surface area contributed by atoms with Crippen LogP contribution in [0.1, 0.15) is 13.8 Å². The number of benzene rings is 2. The lowest BCUT2D eigenvalue weighted by Crippen LogP contribution is -2.32. The van der Waals surface area contributed by atoms with Crippen LogP contribution in [0.4, 0.5) is 11.4 Å². The first-order valence-corrected chi connectivity index (χ1v) is 10.6. The van der Waals surface area contributed by atoms with E-state index in [1.165, 1.54) is 0 Å². The number of rotatable bonds is 9. The summed E-state index contributed by atoms with van der Waals surface area (Å²) in [4.78, 5) is 11.6. The van der Waals surface area contributed by atoms with Crippen molar-refractivity contribution in [2.75, 3.05) is 32.2 Å². The first-order valence-electron chi connectivity index (χ1n) is 10.6. The molecular weight excluding hydrogens is 404 g/mol. The monoisotopic (exact) mass is 432 g/mol. The summed E-state index contributed by atoms with van der Waals surface area (Å²) in [7, 11) is 3.32. The summed E-state index contributed by atoms with van der Waals surface area (Å²) < 4.78 is 11.0. The van der Waals surface area contributed by atoms with Gasteiger partial charge in [-0.05, 0) is 18.2 Å². The second-order valence-corrected chi connectivity index (χ2v) is 7.75. The van der Waals surface area contributed by atoms with E-state index in [9.17, 15) is 0 Å². The Labute approximate surface area is 187 Å². The minimum Gasteiger partial charge on any atom is -0.497 e. The van der Waals surface area contributed by atoms with Gasteiger partial charge in [0.1, 0.15) is 11.5 Å². The van der Waals surface area contributed by atoms with Crippen LogP contribution < -0.4 is 19.7 Å². The average molecular weight is 433 g/mol. The number of anilines is 2. The molecule has 0 atom stereocenters. The third-order valence-corrected chi connectivity index (χ3v) is 5.17. The molecule has 8 heteroatoms. The van der Waals surface area contributed by atoms with Crippen LogP contribution in [0.2, 0.25) is 0 Å². The lowest BCUT2D eigenvalue weighted by Gasteiger charge is -2.27. The number of fused-ring (bicyclic) bond motifs is 1. The van der Waals surface area contributed by atoms with Gasteiger partial charge in [-0.25, -0.2) is 4.98 Å². The van der Waals surface area contributed by atoms with E-state index >= 15 is 0 Å². The molecule has 32 heavy (non-hydrogen) atoms. The van der Waals surface area contributed by atoms with Crippen molar-refractivity contribution in [2.45, 2.75) is 19.9 Å². The van der Waals surface area contributed by atoms with Crippen molar-refractivity contribution < 1.29 is 9.47 Å². The van der Waals surface area contributed by atoms with Gasteiger partial charge >= 0.3 is 0 Å². The Hall–Kier alpha value is -3.65. The summed E-state index contributed by atoms with van der Waals surface area (Å²) in [6, 6.07) is 12.4. The van der Waals surface area contributed by atoms with Crippen LogP contribution in [0.3, 0.4) is 0 Å². The molecular formula is C24H28N6O2. The standard InChI is InChI=1S/C24H28N6O2/c1-16(2)25-7-8-30(19-9-20(31-3)12-21(10-19)32-4)18-5-6-22-23(11-18)29-24(15-26-22)17-13-27-28-14-17/h5-6,9-16,25H,7-8H2,1-4H3,(H,27,28). The van der Waals surface area contributed by atoms with Crippen molar-refractivity contribution in [3.63, 3.8) is 0 Å². The number of ether oxygens (including phenoxy) is 2. The number of aromatic nitrogens is 4. The molecule has 0 amide bonds. The van der Waals surface area contributed by atoms with Crippen LogP contribution in [0.25, 0.3) is 22.3 Å². The zero-order valence-corrected chi connectivity index (χ0v) is 18.8. The quantitative estimate of drug-likeness (QED) is 0.410. The van der Waals surface area contributed by atoms with Gasteiger partial charge < -0.3 is 19.7 Å². The molecule has 0 saturated heterocycles. The van der Waals surface area contributed by atoms with Gasteiger partial charge in [0.25, 0.3) is 0 Å². The molecule has 166 valence electrons. The average Bonchev–Trinajstić information content (AvgIpc) is 3.35. The minimum atomic E-state index is 0.400. The first kappa shape index (κ1) is 21.6. The molecule has 2 N–H and O–H groups in total. The van der Waals surface area contributed by atoms with E-state index in [4.69, 9.17) is 14.5 Å². The van der Waals surface area contributed by atoms with Crippen LogP contribution in [0.15, 0.2) is 55.0 Å². The molecule has 0 spiro atoms. The predicted molar refractivity (Wildman–Crippen MR) is 127 cm³/mol. The molecule has 2 heterocycles. The number of hydrogen-bond donors (Lipinski definition) is 2. The maximum absolute atomic E-state index is 5.50. The van der Waals surface area contributed by atoms with Gasteiger partial charge in [-0.2, -0.15) is 5.10 Å². The van der Waals surface area contributed by atoms with E-state index < -0.39 is 0 Å². The maximum atomic E-state index is 5.50. The highest BCUT2D eigenvalue weighted by molar-refractivity contribution is 5.82. The van der Waals surface area contributed by atoms with Crippen molar-refractivity contribution >= 4 is 22.4 Å². The number of nitrogens with zero attached hydrogens (tertiary/aromatic N) is 4. The number of H-pyrrole nitrogens is 1. The van der Waals surface area contributed by atoms with E-state index in [-0.39, 0.29) is 0 Å². The van der Waals surface area contributed by atoms with E-state index in [1.807, 2.05) is 30.5 Å². The highest BCUT2D eigenvalue weighted by Crippen LogP contribution is 2.34. The minimum absolute atomic E-state index is 0.400. The third kappa shape index (κ3) is 4.81. The van der Waals surface area contributed by atoms with Crippen LogP contribution in [-0.2, 0) is 0 Å². The van der Waals surface area contributed by atoms with E-state index in [0.717, 1.165) is 58.3 Å². The van der Waals surface area contributed by atoms with Crippen molar-refractivity contribution in [3.8, 4) is 22.8 Å². The highest BCUT2D eigenvalue weighted by atomic mass is 16.5. The van der Waals surface area contributed by atoms with Crippen LogP contribution >= 0.6 is 0 Å². The number of hydrogen-bond acceptors (Lipinski definition) is 7. The highest BCUT2D eigenvalue weighted by Gasteiger charge is 2.14. The Bertz CT molecular complexity index is 1150. The van der Waals surface area contributed by atoms with Crippen LogP contribution in [0, 0.1) is 0 Å². The fourth-order valence-electron chi connectivity index (χ4n) is 3.52. The maximum Gasteiger partial charge on any atom is 0.124 e. The van der Waals surface area contributed by atoms with E-state index in [2.05, 4.69) is 51.4 Å². The summed E-state index contributed by atoms with van der Waals surface area (Å²) in [5.41, 5.74) is 5.32. The molecule has 0 unspecified atom stereocenters. The largest absolute Gasteiger partial charge is 0.497 e. The Morgan fingerprint density at radius 1 is 0.969 bits per heavy atom. The molecule has 4 aromatic rings. The number of nitrogens with one attached hydrogen (secondary N) is 2. The van der Waals surface area contributed by atoms with Crippen LogP contribution in [-0.4, -0.2) is 53.5 Å². The molecule has 2 aromatic carbocycles. The predicted octanol–water partition coefficient (Wildman–Crippen LogP) is 4.17. The normalized spacial score (nSPS) is 11.2. The van der Waals surface area contributed by atoms with Gasteiger partial charge in [0.2, 0.25) is 0 Å². The topological polar surface area (TPSA) is 88.2 Å². The zero-order chi connectivity index (χ0) is 22.5. The first-order chi connectivity index (χ1) is 15.6. The van der Waals surface area contributed by atoms with Gasteiger partial charge in [-0.1, -0.05) is 13.8 Å². The van der Waals surface area contributed by atoms with E-state index in [0.29, 0.717) is 6.04 Å². The summed E-state index contributed by atoms with van der Waals surface area (Å²) >= 11 is 0. The lowest BCUT2D eigenvalue weighted by atomic mass is 10.2. The van der Waals surface area contributed by atoms with Gasteiger partial charge in [-0.15, -0.1) is 0 Å². The molecule has 0 saturated carbocycles. The van der Waals surface area contributed by atoms with Crippen molar-refractivity contribution in [2.24, 2.45) is 0 Å². The van der Waals surface area contributed by atoms with Crippen LogP contribution in [0.5, 0.6) is 11.5 Å². The lowest BCUT2D eigenvalue weighted by molar-refractivity contribution is 0.394. The molecule has 0 aliphatic carbocycles. The molecule has 0 fully saturated rings. The van der Waals surface area contributed by atoms with Gasteiger partial charge in [-0.3, -0.25) is 10.1 Å². The fraction of sp³-hybridized carbons (Fsp3) is 0.292. The summed E-state index contributed by atoms with van der Waals surface area (Å²) in [5.74, 6) is 1.48. The zero-order valence-electron chi connectivity index (χ0n) is 18.8. The molecule has 0 radical (unpaired) electrons. The molecule has 4 rings (SSSR count). The molecule has 0 bridgehead atoms. The summed E-state index contributed by atoms with van der Waals surface area (Å²) in [6.45, 7) is 5.86. The summed E-state index contributed by atoms with van der Waals surface area (Å²) in [6.07, 6.45) is 5.32. The van der Waals surface area contributed by atoms with Crippen molar-refractivity contribution in [3.05, 3.63) is 55.0 Å². The van der Waals surface area contributed by atoms with Crippen molar-refractivity contribution in [1.29, 1.82) is 0 Å². The SMILES string of the molecule is COc1cc(OC)cc(N(CCNC(C)C)c2ccc3ncc(-c4cn[nH]c4)nc3c2)c1. The Kier molecular flexibility index (Phi) is 6.51. The smallest absolute Gasteiger partial charge is 0.124 e. The Morgan fingerprint density at radius 2 is 1.75 bits per heavy atom. The van der Waals surface area contributed by atoms with Gasteiger partial charge in [0, 0.05) is 60.5 Å². The number of aromatic amines is 1. The fourth-order valence-corrected chi connectivity index (χ4v) is 3.52. The van der Waals surface area contributed by atoms with E-state index in [1.54, 1.807) is 26.6 Å². The molecule has 2 aromatic heterocycles. The molecule has 8 nitrogen and oxygen atoms in total. The Morgan fingerprint density at radius 3 is 2.41 bits per heavy atom. The summed E-state index contributed by atoms with van der Waals surface area (Å²) in [5, 5.41) is 10.3. The molecule has 0 aliphatic rings. The molecule has 0 aliphatic heterocycles. The van der Waals surface area contributed by atoms with Gasteiger partial charge in [0.05, 0.1) is 43.3 Å². The van der Waals surface area contributed by atoms with Crippen molar-refractivity contribution in [1.82, 2.24) is 25.5 Å². The second-order valence-electron chi connectivity index (χ2n) is 7.75. The number of methoxy groups -OCH3 is 2. The van der Waals surface area contributed by atoms with Gasteiger partial charge in [0.15, 0.2) is 0 Å². The Balaban J connectivity index is 1.76. The third-order valence-electron chi connectivity index (χ3n) is 5.17. The second kappa shape index (κ2) is 9.65.